The van der Waals surface area contributed by atoms with Crippen molar-refractivity contribution in [1.29, 1.82) is 0 Å². The van der Waals surface area contributed by atoms with Crippen molar-refractivity contribution in [3.63, 3.8) is 0 Å². The van der Waals surface area contributed by atoms with E-state index < -0.39 is 0 Å². The van der Waals surface area contributed by atoms with Crippen LogP contribution < -0.4 is 5.32 Å². The van der Waals surface area contributed by atoms with Crippen molar-refractivity contribution in [3.05, 3.63) is 29.0 Å². The second kappa shape index (κ2) is 5.93. The van der Waals surface area contributed by atoms with Crippen molar-refractivity contribution in [2.45, 2.75) is 32.2 Å². The van der Waals surface area contributed by atoms with Crippen LogP contribution in [-0.2, 0) is 11.3 Å². The maximum atomic E-state index is 12.1. The van der Waals surface area contributed by atoms with Crippen LogP contribution in [0.25, 0.3) is 0 Å². The summed E-state index contributed by atoms with van der Waals surface area (Å²) >= 11 is 6.00. The number of carbonyl (C=O) groups is 1. The highest BCUT2D eigenvalue weighted by Gasteiger charge is 2.49. The summed E-state index contributed by atoms with van der Waals surface area (Å²) in [6, 6.07) is 1.98. The summed E-state index contributed by atoms with van der Waals surface area (Å²) in [5.74, 6) is 0.406. The Morgan fingerprint density at radius 1 is 1.52 bits per heavy atom. The first-order valence-corrected chi connectivity index (χ1v) is 8.04. The van der Waals surface area contributed by atoms with E-state index in [0.717, 1.165) is 38.0 Å². The quantitative estimate of drug-likeness (QED) is 0.933. The van der Waals surface area contributed by atoms with Crippen molar-refractivity contribution >= 4 is 17.5 Å². The van der Waals surface area contributed by atoms with Gasteiger partial charge in [0.05, 0.1) is 5.02 Å². The standard InChI is InChI=1S/C16H22ClN3O/c1-18-15(21)14-3-2-4-16(14)5-6-20(11-16)10-12-7-13(17)9-19-8-12/h7-9,14H,2-6,10-11H2,1H3,(H,18,21)/t14-,16-/m0/s1. The largest absolute Gasteiger partial charge is 0.359 e. The molecule has 0 unspecified atom stereocenters. The lowest BCUT2D eigenvalue weighted by Gasteiger charge is -2.30. The number of nitrogens with one attached hydrogen (secondary N) is 1. The molecule has 2 heterocycles. The zero-order valence-corrected chi connectivity index (χ0v) is 13.2. The van der Waals surface area contributed by atoms with E-state index in [9.17, 15) is 4.79 Å². The Morgan fingerprint density at radius 2 is 2.38 bits per heavy atom. The molecule has 2 aliphatic rings. The highest BCUT2D eigenvalue weighted by molar-refractivity contribution is 6.30. The molecule has 0 bridgehead atoms. The first-order valence-electron chi connectivity index (χ1n) is 7.66. The fourth-order valence-corrected chi connectivity index (χ4v) is 4.33. The number of halogens is 1. The molecule has 0 radical (unpaired) electrons. The van der Waals surface area contributed by atoms with E-state index in [-0.39, 0.29) is 17.2 Å². The van der Waals surface area contributed by atoms with Gasteiger partial charge in [-0.2, -0.15) is 0 Å². The zero-order valence-electron chi connectivity index (χ0n) is 12.4. The Kier molecular flexibility index (Phi) is 4.18. The Bertz CT molecular complexity index is 536. The maximum Gasteiger partial charge on any atom is 0.223 e. The minimum atomic E-state index is 0.185. The van der Waals surface area contributed by atoms with Gasteiger partial charge < -0.3 is 5.32 Å². The van der Waals surface area contributed by atoms with Crippen LogP contribution in [0.2, 0.25) is 5.02 Å². The van der Waals surface area contributed by atoms with Crippen molar-refractivity contribution < 1.29 is 4.79 Å². The van der Waals surface area contributed by atoms with Gasteiger partial charge >= 0.3 is 0 Å². The Balaban J connectivity index is 1.68. The number of hydrogen-bond acceptors (Lipinski definition) is 3. The molecule has 1 aliphatic heterocycles. The number of carbonyl (C=O) groups excluding carboxylic acids is 1. The van der Waals surface area contributed by atoms with Gasteiger partial charge in [-0.1, -0.05) is 18.0 Å². The van der Waals surface area contributed by atoms with Gasteiger partial charge in [0.15, 0.2) is 0 Å². The molecule has 2 atom stereocenters. The fourth-order valence-electron chi connectivity index (χ4n) is 4.13. The van der Waals surface area contributed by atoms with Gasteiger partial charge in [0.2, 0.25) is 5.91 Å². The number of rotatable bonds is 3. The van der Waals surface area contributed by atoms with Crippen LogP contribution in [0.3, 0.4) is 0 Å². The van der Waals surface area contributed by atoms with Gasteiger partial charge in [0.1, 0.15) is 0 Å². The summed E-state index contributed by atoms with van der Waals surface area (Å²) in [6.07, 6.45) is 8.04. The zero-order chi connectivity index (χ0) is 14.9. The summed E-state index contributed by atoms with van der Waals surface area (Å²) in [5.41, 5.74) is 1.33. The number of hydrogen-bond donors (Lipinski definition) is 1. The first-order chi connectivity index (χ1) is 10.1. The normalized spacial score (nSPS) is 29.1. The van der Waals surface area contributed by atoms with Crippen molar-refractivity contribution in [2.24, 2.45) is 11.3 Å². The predicted molar refractivity (Wildman–Crippen MR) is 83.0 cm³/mol. The predicted octanol–water partition coefficient (Wildman–Crippen LogP) is 2.47. The lowest BCUT2D eigenvalue weighted by Crippen LogP contribution is -2.39. The molecule has 1 spiro atoms. The fraction of sp³-hybridized carbons (Fsp3) is 0.625. The van der Waals surface area contributed by atoms with Gasteiger partial charge in [-0.3, -0.25) is 14.7 Å². The summed E-state index contributed by atoms with van der Waals surface area (Å²) in [4.78, 5) is 18.7. The van der Waals surface area contributed by atoms with E-state index in [2.05, 4.69) is 15.2 Å². The molecule has 1 N–H and O–H groups in total. The number of aromatic nitrogens is 1. The van der Waals surface area contributed by atoms with E-state index in [1.54, 1.807) is 13.2 Å². The summed E-state index contributed by atoms with van der Waals surface area (Å²) < 4.78 is 0. The molecule has 3 rings (SSSR count). The smallest absolute Gasteiger partial charge is 0.223 e. The van der Waals surface area contributed by atoms with Crippen LogP contribution in [0.1, 0.15) is 31.2 Å². The van der Waals surface area contributed by atoms with Crippen molar-refractivity contribution in [2.75, 3.05) is 20.1 Å². The third-order valence-electron chi connectivity index (χ3n) is 5.10. The number of likely N-dealkylation sites (tertiary alicyclic amines) is 1. The second-order valence-electron chi connectivity index (χ2n) is 6.39. The average Bonchev–Trinajstić information content (AvgIpc) is 3.06. The SMILES string of the molecule is CNC(=O)[C@@H]1CCC[C@@]12CCN(Cc1cncc(Cl)c1)C2. The molecule has 1 saturated carbocycles. The summed E-state index contributed by atoms with van der Waals surface area (Å²) in [7, 11) is 1.75. The monoisotopic (exact) mass is 307 g/mol. The van der Waals surface area contributed by atoms with E-state index >= 15 is 0 Å². The summed E-state index contributed by atoms with van der Waals surface area (Å²) in [6.45, 7) is 2.94. The molecule has 1 saturated heterocycles. The molecule has 1 amide bonds. The molecule has 1 aromatic rings. The average molecular weight is 308 g/mol. The van der Waals surface area contributed by atoms with Crippen LogP contribution in [0.5, 0.6) is 0 Å². The lowest BCUT2D eigenvalue weighted by atomic mass is 9.76. The van der Waals surface area contributed by atoms with Gasteiger partial charge in [0.25, 0.3) is 0 Å². The molecule has 21 heavy (non-hydrogen) atoms. The van der Waals surface area contributed by atoms with Crippen LogP contribution >= 0.6 is 11.6 Å². The molecule has 1 aliphatic carbocycles. The molecular formula is C16H22ClN3O. The molecule has 0 aromatic carbocycles. The summed E-state index contributed by atoms with van der Waals surface area (Å²) in [5, 5.41) is 3.53. The number of amides is 1. The lowest BCUT2D eigenvalue weighted by molar-refractivity contribution is -0.127. The van der Waals surface area contributed by atoms with E-state index in [0.29, 0.717) is 5.02 Å². The van der Waals surface area contributed by atoms with Gasteiger partial charge in [-0.25, -0.2) is 0 Å². The van der Waals surface area contributed by atoms with Crippen LogP contribution in [-0.4, -0.2) is 35.9 Å². The molecule has 1 aromatic heterocycles. The van der Waals surface area contributed by atoms with Gasteiger partial charge in [0, 0.05) is 38.4 Å². The number of nitrogens with zero attached hydrogens (tertiary/aromatic N) is 2. The van der Waals surface area contributed by atoms with Crippen LogP contribution in [0, 0.1) is 11.3 Å². The molecule has 114 valence electrons. The molecule has 5 heteroatoms. The molecule has 2 fully saturated rings. The van der Waals surface area contributed by atoms with E-state index in [1.807, 2.05) is 12.3 Å². The number of pyridine rings is 1. The highest BCUT2D eigenvalue weighted by Crippen LogP contribution is 2.50. The Hall–Kier alpha value is -1.13. The Labute approximate surface area is 130 Å². The van der Waals surface area contributed by atoms with E-state index in [1.165, 1.54) is 12.8 Å². The minimum Gasteiger partial charge on any atom is -0.359 e. The second-order valence-corrected chi connectivity index (χ2v) is 6.83. The van der Waals surface area contributed by atoms with Gasteiger partial charge in [-0.05, 0) is 42.9 Å². The first kappa shape index (κ1) is 14.8. The highest BCUT2D eigenvalue weighted by atomic mass is 35.5. The van der Waals surface area contributed by atoms with E-state index in [4.69, 9.17) is 11.6 Å². The minimum absolute atomic E-state index is 0.185. The van der Waals surface area contributed by atoms with Crippen LogP contribution in [0.15, 0.2) is 18.5 Å². The maximum absolute atomic E-state index is 12.1. The third kappa shape index (κ3) is 2.92. The Morgan fingerprint density at radius 3 is 3.14 bits per heavy atom. The van der Waals surface area contributed by atoms with Crippen molar-refractivity contribution in [3.8, 4) is 0 Å². The van der Waals surface area contributed by atoms with Crippen LogP contribution in [0.4, 0.5) is 0 Å². The molecular weight excluding hydrogens is 286 g/mol. The third-order valence-corrected chi connectivity index (χ3v) is 5.31. The van der Waals surface area contributed by atoms with Gasteiger partial charge in [-0.15, -0.1) is 0 Å². The molecule has 4 nitrogen and oxygen atoms in total. The van der Waals surface area contributed by atoms with Crippen molar-refractivity contribution in [1.82, 2.24) is 15.2 Å². The topological polar surface area (TPSA) is 45.2 Å².